The van der Waals surface area contributed by atoms with Crippen molar-refractivity contribution in [3.63, 3.8) is 0 Å². The van der Waals surface area contributed by atoms with E-state index in [2.05, 4.69) is 83.7 Å². The minimum absolute atomic E-state index is 0.0552. The van der Waals surface area contributed by atoms with Gasteiger partial charge in [-0.2, -0.15) is 0 Å². The highest BCUT2D eigenvalue weighted by molar-refractivity contribution is 7.20. The molecule has 1 saturated carbocycles. The number of thiazole rings is 10. The average molecular weight is 1980 g/mol. The third-order valence-corrected chi connectivity index (χ3v) is 28.6. The van der Waals surface area contributed by atoms with Crippen LogP contribution in [0.4, 0.5) is 59.2 Å². The number of amides is 5. The molecule has 1 unspecified atom stereocenters. The Hall–Kier alpha value is -12.3. The number of carbonyl (C=O) groups is 5. The van der Waals surface area contributed by atoms with Gasteiger partial charge in [-0.05, 0) is 226 Å². The van der Waals surface area contributed by atoms with Crippen molar-refractivity contribution in [3.05, 3.63) is 194 Å². The number of nitrogens with one attached hydrogen (secondary N) is 6. The van der Waals surface area contributed by atoms with Crippen molar-refractivity contribution in [1.82, 2.24) is 49.8 Å². The van der Waals surface area contributed by atoms with Crippen molar-refractivity contribution in [3.8, 4) is 81.6 Å². The van der Waals surface area contributed by atoms with Gasteiger partial charge in [0.2, 0.25) is 29.5 Å². The predicted molar refractivity (Wildman–Crippen MR) is 546 cm³/mol. The highest BCUT2D eigenvalue weighted by atomic mass is 32.1. The third kappa shape index (κ3) is 27.5. The van der Waals surface area contributed by atoms with Crippen molar-refractivity contribution in [2.24, 2.45) is 22.9 Å². The Balaban J connectivity index is 0.000000150. The summed E-state index contributed by atoms with van der Waals surface area (Å²) in [6.07, 6.45) is 6.54. The number of benzene rings is 5. The number of methoxy groups -OCH3 is 1. The maximum atomic E-state index is 11.6. The number of hydrogen-bond donors (Lipinski definition) is 10. The van der Waals surface area contributed by atoms with E-state index in [1.54, 1.807) is 119 Å². The van der Waals surface area contributed by atoms with Crippen LogP contribution in [0.2, 0.25) is 0 Å². The monoisotopic (exact) mass is 1980 g/mol. The van der Waals surface area contributed by atoms with E-state index < -0.39 is 23.6 Å². The standard InChI is InChI=1S/C20H22N4O2S2.2C19H22N4O2S2.C18H20N4O2S2.C17H18N4O2S2/c1-11-18(28-12(2)22-11)16-10-27-20(24-16)23-15-9-13(19(21)25)7-8-17(15)26-14-5-3-4-6-14;1-10-16(27-11(2)21-10)14-9-26-18(23-14)22-13-8-12(17(20)24)6-7-15(13)25-19(3,4)5;1-5-10(2)25-16-7-6-13(18(20)24)8-14(16)22-19-23-15(9-26-19)17-11(3)21-12(4)27-17;1-4-7-24-15-6-5-12(17(19)23)8-13(15)21-18-22-14(9-25-18)16-10(2)20-11(3)26-16;1-9-5-6-14(23-4)12(7-9)20-16-21-13(8-24-16)15-10(2)18-17(25-15)19-11(3)22/h7-10,14H,3-6H2,1-2H3,(H2,21,25)(H,23,24);6-9H,1-5H3,(H2,20,24)(H,22,23);6-10H,5H2,1-4H3,(H2,20,24)(H,22,23);5-6,8-9H,4,7H2,1-3H3,(H2,19,23)(H,21,22);5-8H,1-4H3,(H,20,21)(H,18,19,22). The highest BCUT2D eigenvalue weighted by Gasteiger charge is 2.25. The van der Waals surface area contributed by atoms with Crippen LogP contribution in [0.5, 0.6) is 28.7 Å². The summed E-state index contributed by atoms with van der Waals surface area (Å²) in [5.74, 6) is 1.40. The normalized spacial score (nSPS) is 11.9. The molecular formula is C93H104N20O10S10. The summed E-state index contributed by atoms with van der Waals surface area (Å²) < 4.78 is 29.3. The smallest absolute Gasteiger partial charge is 0.248 e. The molecule has 15 aromatic rings. The van der Waals surface area contributed by atoms with Crippen molar-refractivity contribution in [2.75, 3.05) is 45.6 Å². The number of ether oxygens (including phenoxy) is 5. The molecule has 0 aliphatic heterocycles. The summed E-state index contributed by atoms with van der Waals surface area (Å²) in [5.41, 5.74) is 36.9. The average Bonchev–Trinajstić information content (AvgIpc) is 1.68. The van der Waals surface area contributed by atoms with Crippen LogP contribution in [0.25, 0.3) is 52.9 Å². The third-order valence-electron chi connectivity index (χ3n) is 19.4. The van der Waals surface area contributed by atoms with Crippen LogP contribution in [0.15, 0.2) is 118 Å². The maximum Gasteiger partial charge on any atom is 0.248 e. The van der Waals surface area contributed by atoms with E-state index in [0.29, 0.717) is 89.4 Å². The van der Waals surface area contributed by atoms with Crippen LogP contribution in [-0.4, -0.2) is 111 Å². The Morgan fingerprint density at radius 1 is 0.414 bits per heavy atom. The maximum absolute atomic E-state index is 11.6. The zero-order chi connectivity index (χ0) is 95.6. The van der Waals surface area contributed by atoms with Gasteiger partial charge in [-0.1, -0.05) is 31.3 Å². The molecule has 1 fully saturated rings. The zero-order valence-electron chi connectivity index (χ0n) is 76.6. The first kappa shape index (κ1) is 99.8. The Bertz CT molecular complexity index is 6620. The van der Waals surface area contributed by atoms with Crippen LogP contribution in [0.1, 0.15) is 182 Å². The first-order valence-electron chi connectivity index (χ1n) is 42.1. The molecule has 30 nitrogen and oxygen atoms in total. The van der Waals surface area contributed by atoms with Gasteiger partial charge in [-0.3, -0.25) is 24.0 Å². The molecule has 5 amide bonds. The van der Waals surface area contributed by atoms with Crippen LogP contribution in [0, 0.1) is 69.2 Å². The summed E-state index contributed by atoms with van der Waals surface area (Å²) >= 11 is 15.4. The van der Waals surface area contributed by atoms with Crippen LogP contribution in [0.3, 0.4) is 0 Å². The molecule has 16 rings (SSSR count). The van der Waals surface area contributed by atoms with Gasteiger partial charge >= 0.3 is 0 Å². The lowest BCUT2D eigenvalue weighted by atomic mass is 10.1. The Morgan fingerprint density at radius 2 is 0.737 bits per heavy atom. The predicted octanol–water partition coefficient (Wildman–Crippen LogP) is 24.0. The lowest BCUT2D eigenvalue weighted by molar-refractivity contribution is -0.114. The lowest BCUT2D eigenvalue weighted by Gasteiger charge is -2.23. The number of carbonyl (C=O) groups excluding carboxylic acids is 5. The van der Waals surface area contributed by atoms with E-state index in [9.17, 15) is 24.0 Å². The molecule has 1 aliphatic rings. The Labute approximate surface area is 811 Å². The second-order valence-corrected chi connectivity index (χ2v) is 41.5. The van der Waals surface area contributed by atoms with E-state index >= 15 is 0 Å². The van der Waals surface area contributed by atoms with Gasteiger partial charge in [-0.15, -0.1) is 102 Å². The van der Waals surface area contributed by atoms with Crippen molar-refractivity contribution in [1.29, 1.82) is 0 Å². The van der Waals surface area contributed by atoms with Gasteiger partial charge in [-0.25, -0.2) is 49.8 Å². The fourth-order valence-electron chi connectivity index (χ4n) is 13.2. The molecule has 0 saturated heterocycles. The van der Waals surface area contributed by atoms with E-state index in [0.717, 1.165) is 160 Å². The Kier molecular flexibility index (Phi) is 34.1. The van der Waals surface area contributed by atoms with Crippen LogP contribution < -0.4 is 78.5 Å². The highest BCUT2D eigenvalue weighted by Crippen LogP contribution is 2.44. The number of hydrogen-bond acceptors (Lipinski definition) is 35. The SMILES string of the molecule is CCC(C)Oc1ccc(C(N)=O)cc1Nc1nc(-c2sc(C)nc2C)cs1.CCCOc1ccc(C(N)=O)cc1Nc1nc(-c2sc(C)nc2C)cs1.COc1ccc(C)cc1Nc1nc(-c2sc(NC(C)=O)nc2C)cs1.Cc1nc(C)c(-c2csc(Nc3cc(C(N)=O)ccc3OC(C)(C)C)n2)s1.Cc1nc(C)c(-c2csc(Nc3cc(C(N)=O)ccc3OC3CCCC3)n2)s1. The summed E-state index contributed by atoms with van der Waals surface area (Å²) in [7, 11) is 1.65. The van der Waals surface area contributed by atoms with Crippen molar-refractivity contribution >= 4 is 202 Å². The molecule has 1 aliphatic carbocycles. The first-order chi connectivity index (χ1) is 63.4. The lowest BCUT2D eigenvalue weighted by Crippen LogP contribution is -2.23. The van der Waals surface area contributed by atoms with Crippen molar-refractivity contribution < 1.29 is 47.7 Å². The molecule has 696 valence electrons. The number of rotatable bonds is 30. The fourth-order valence-corrected chi connectivity index (χ4v) is 21.6. The Morgan fingerprint density at radius 3 is 1.08 bits per heavy atom. The quantitative estimate of drug-likeness (QED) is 0.0200. The molecule has 133 heavy (non-hydrogen) atoms. The molecule has 1 atom stereocenters. The number of nitrogens with two attached hydrogens (primary N) is 4. The number of aryl methyl sites for hydroxylation is 10. The van der Waals surface area contributed by atoms with E-state index in [-0.39, 0.29) is 23.7 Å². The number of anilines is 11. The minimum atomic E-state index is -0.490. The summed E-state index contributed by atoms with van der Waals surface area (Å²) in [6.45, 7) is 33.9. The molecule has 10 aromatic heterocycles. The van der Waals surface area contributed by atoms with Gasteiger partial charge in [0, 0.05) is 56.1 Å². The zero-order valence-corrected chi connectivity index (χ0v) is 84.8. The van der Waals surface area contributed by atoms with Crippen molar-refractivity contribution in [2.45, 2.75) is 174 Å². The minimum Gasteiger partial charge on any atom is -0.495 e. The van der Waals surface area contributed by atoms with E-state index in [4.69, 9.17) is 51.6 Å². The van der Waals surface area contributed by atoms with Gasteiger partial charge in [0.1, 0.15) is 34.3 Å². The van der Waals surface area contributed by atoms with Gasteiger partial charge in [0.05, 0.1) is 156 Å². The summed E-state index contributed by atoms with van der Waals surface area (Å²) in [5, 5.41) is 37.4. The second kappa shape index (κ2) is 45.5. The topological polar surface area (TPSA) is 437 Å². The largest absolute Gasteiger partial charge is 0.495 e. The summed E-state index contributed by atoms with van der Waals surface area (Å²) in [6, 6.07) is 26.5. The number of nitrogens with zero attached hydrogens (tertiary/aromatic N) is 10. The number of aromatic nitrogens is 10. The summed E-state index contributed by atoms with van der Waals surface area (Å²) in [4.78, 5) is 108. The first-order valence-corrected chi connectivity index (χ1v) is 50.6. The molecule has 5 aromatic carbocycles. The molecule has 0 bridgehead atoms. The molecular weight excluding hydrogens is 1880 g/mol. The molecule has 0 radical (unpaired) electrons. The fraction of sp³-hybridized carbons (Fsp3) is 0.301. The van der Waals surface area contributed by atoms with E-state index in [1.165, 1.54) is 87.8 Å². The number of primary amides is 4. The molecule has 10 heterocycles. The van der Waals surface area contributed by atoms with Gasteiger partial charge in [0.25, 0.3) is 0 Å². The van der Waals surface area contributed by atoms with Crippen LogP contribution in [-0.2, 0) is 4.79 Å². The van der Waals surface area contributed by atoms with E-state index in [1.807, 2.05) is 155 Å². The second-order valence-electron chi connectivity index (χ2n) is 31.4. The van der Waals surface area contributed by atoms with Crippen LogP contribution >= 0.6 is 113 Å². The molecule has 0 spiro atoms. The molecule has 14 N–H and O–H groups in total. The van der Waals surface area contributed by atoms with Gasteiger partial charge < -0.3 is 78.5 Å². The van der Waals surface area contributed by atoms with Gasteiger partial charge in [0.15, 0.2) is 30.8 Å². The molecule has 40 heteroatoms.